The normalized spacial score (nSPS) is 10.8. The van der Waals surface area contributed by atoms with E-state index in [-0.39, 0.29) is 12.5 Å². The quantitative estimate of drug-likeness (QED) is 0.125. The van der Waals surface area contributed by atoms with Gasteiger partial charge >= 0.3 is 0 Å². The summed E-state index contributed by atoms with van der Waals surface area (Å²) in [5.74, 6) is 2.81. The van der Waals surface area contributed by atoms with Gasteiger partial charge in [-0.2, -0.15) is 5.10 Å². The number of pyridine rings is 1. The average Bonchev–Trinajstić information content (AvgIpc) is 2.83. The summed E-state index contributed by atoms with van der Waals surface area (Å²) < 4.78 is 7.18. The zero-order valence-electron chi connectivity index (χ0n) is 17.3. The standard InChI is InChI=1S/C26H17BrIN3O2/c1-2-12-33-25-21(27)13-17(14-22(25)28)16-29-31-26(32)20-15-24(18-8-4-3-5-9-18)30-23-11-7-6-10-19(20)23/h1,3-11,13-16H,12H2,(H,31,32)/b29-16+. The predicted octanol–water partition coefficient (Wildman–Crippen LogP) is 6.04. The second-order valence-electron chi connectivity index (χ2n) is 6.94. The first-order valence-corrected chi connectivity index (χ1v) is 11.8. The van der Waals surface area contributed by atoms with Gasteiger partial charge in [0.2, 0.25) is 0 Å². The summed E-state index contributed by atoms with van der Waals surface area (Å²) in [7, 11) is 0. The number of nitrogens with zero attached hydrogens (tertiary/aromatic N) is 2. The first-order chi connectivity index (χ1) is 16.1. The highest BCUT2D eigenvalue weighted by Gasteiger charge is 2.14. The summed E-state index contributed by atoms with van der Waals surface area (Å²) in [6.45, 7) is 0.183. The van der Waals surface area contributed by atoms with Gasteiger partial charge in [-0.25, -0.2) is 10.4 Å². The summed E-state index contributed by atoms with van der Waals surface area (Å²) in [4.78, 5) is 17.8. The summed E-state index contributed by atoms with van der Waals surface area (Å²) in [6.07, 6.45) is 6.85. The van der Waals surface area contributed by atoms with Crippen molar-refractivity contribution in [2.75, 3.05) is 6.61 Å². The fourth-order valence-corrected chi connectivity index (χ4v) is 5.02. The molecule has 1 aromatic heterocycles. The third-order valence-corrected chi connectivity index (χ3v) is 6.12. The molecular formula is C26H17BrIN3O2. The molecule has 33 heavy (non-hydrogen) atoms. The van der Waals surface area contributed by atoms with Crippen LogP contribution in [0.3, 0.4) is 0 Å². The number of benzene rings is 3. The third kappa shape index (κ3) is 5.41. The van der Waals surface area contributed by atoms with Gasteiger partial charge in [0.25, 0.3) is 5.91 Å². The van der Waals surface area contributed by atoms with Gasteiger partial charge in [-0.15, -0.1) is 6.42 Å². The van der Waals surface area contributed by atoms with Crippen molar-refractivity contribution >= 4 is 61.5 Å². The van der Waals surface area contributed by atoms with Crippen molar-refractivity contribution in [1.82, 2.24) is 10.4 Å². The molecule has 0 saturated heterocycles. The van der Waals surface area contributed by atoms with E-state index in [2.05, 4.69) is 55.0 Å². The van der Waals surface area contributed by atoms with E-state index in [9.17, 15) is 4.79 Å². The van der Waals surface area contributed by atoms with E-state index in [0.717, 1.165) is 35.8 Å². The number of ether oxygens (including phenoxy) is 1. The minimum atomic E-state index is -0.315. The maximum atomic E-state index is 13.0. The number of hydrogen-bond donors (Lipinski definition) is 1. The molecule has 0 atom stereocenters. The molecule has 0 spiro atoms. The highest BCUT2D eigenvalue weighted by molar-refractivity contribution is 14.1. The monoisotopic (exact) mass is 609 g/mol. The number of halogens is 2. The van der Waals surface area contributed by atoms with Crippen LogP contribution >= 0.6 is 38.5 Å². The van der Waals surface area contributed by atoms with Gasteiger partial charge in [-0.1, -0.05) is 54.5 Å². The molecule has 5 nitrogen and oxygen atoms in total. The highest BCUT2D eigenvalue weighted by Crippen LogP contribution is 2.31. The van der Waals surface area contributed by atoms with Crippen molar-refractivity contribution in [2.24, 2.45) is 5.10 Å². The number of hydrazone groups is 1. The van der Waals surface area contributed by atoms with Crippen LogP contribution in [0.5, 0.6) is 5.75 Å². The first kappa shape index (κ1) is 23.0. The minimum Gasteiger partial charge on any atom is -0.479 e. The molecule has 3 aromatic carbocycles. The van der Waals surface area contributed by atoms with Gasteiger partial charge in [0.15, 0.2) is 0 Å². The van der Waals surface area contributed by atoms with Gasteiger partial charge in [0.05, 0.1) is 31.0 Å². The van der Waals surface area contributed by atoms with Gasteiger partial charge < -0.3 is 4.74 Å². The van der Waals surface area contributed by atoms with Crippen molar-refractivity contribution in [3.63, 3.8) is 0 Å². The van der Waals surface area contributed by atoms with E-state index in [4.69, 9.17) is 16.1 Å². The molecule has 0 unspecified atom stereocenters. The number of carbonyl (C=O) groups is 1. The predicted molar refractivity (Wildman–Crippen MR) is 143 cm³/mol. The molecule has 7 heteroatoms. The number of para-hydroxylation sites is 1. The van der Waals surface area contributed by atoms with E-state index < -0.39 is 0 Å². The molecule has 4 aromatic rings. The molecule has 162 valence electrons. The van der Waals surface area contributed by atoms with Crippen LogP contribution in [-0.2, 0) is 0 Å². The zero-order valence-corrected chi connectivity index (χ0v) is 21.0. The van der Waals surface area contributed by atoms with E-state index in [1.165, 1.54) is 0 Å². The van der Waals surface area contributed by atoms with Crippen LogP contribution in [0, 0.1) is 15.9 Å². The van der Waals surface area contributed by atoms with Crippen molar-refractivity contribution < 1.29 is 9.53 Å². The van der Waals surface area contributed by atoms with Crippen LogP contribution < -0.4 is 10.2 Å². The Kier molecular flexibility index (Phi) is 7.37. The summed E-state index contributed by atoms with van der Waals surface area (Å²) in [6, 6.07) is 22.9. The maximum absolute atomic E-state index is 13.0. The molecule has 0 aliphatic rings. The number of terminal acetylenes is 1. The van der Waals surface area contributed by atoms with Crippen LogP contribution in [0.1, 0.15) is 15.9 Å². The molecular weight excluding hydrogens is 593 g/mol. The van der Waals surface area contributed by atoms with E-state index in [0.29, 0.717) is 11.3 Å². The lowest BCUT2D eigenvalue weighted by molar-refractivity contribution is 0.0956. The van der Waals surface area contributed by atoms with Crippen molar-refractivity contribution in [3.05, 3.63) is 92.0 Å². The topological polar surface area (TPSA) is 63.6 Å². The molecule has 1 amide bonds. The second kappa shape index (κ2) is 10.6. The van der Waals surface area contributed by atoms with Crippen molar-refractivity contribution in [1.29, 1.82) is 0 Å². The number of amides is 1. The van der Waals surface area contributed by atoms with Crippen LogP contribution in [-0.4, -0.2) is 23.7 Å². The van der Waals surface area contributed by atoms with Crippen molar-refractivity contribution in [2.45, 2.75) is 0 Å². The Hall–Kier alpha value is -3.22. The zero-order chi connectivity index (χ0) is 23.2. The Bertz CT molecular complexity index is 1380. The minimum absolute atomic E-state index is 0.183. The Morgan fingerprint density at radius 1 is 1.15 bits per heavy atom. The SMILES string of the molecule is C#CCOc1c(Br)cc(/C=N/NC(=O)c2cc(-c3ccccc3)nc3ccccc23)cc1I. The molecule has 0 radical (unpaired) electrons. The van der Waals surface area contributed by atoms with Crippen LogP contribution in [0.15, 0.2) is 82.4 Å². The molecule has 1 N–H and O–H groups in total. The van der Waals surface area contributed by atoms with E-state index in [1.807, 2.05) is 66.7 Å². The van der Waals surface area contributed by atoms with Gasteiger partial charge in [0, 0.05) is 10.9 Å². The molecule has 0 bridgehead atoms. The third-order valence-electron chi connectivity index (χ3n) is 4.73. The average molecular weight is 610 g/mol. The van der Waals surface area contributed by atoms with Crippen molar-refractivity contribution in [3.8, 4) is 29.4 Å². The number of carbonyl (C=O) groups excluding carboxylic acids is 1. The van der Waals surface area contributed by atoms with Crippen LogP contribution in [0.4, 0.5) is 0 Å². The lowest BCUT2D eigenvalue weighted by Crippen LogP contribution is -2.18. The fourth-order valence-electron chi connectivity index (χ4n) is 3.25. The van der Waals surface area contributed by atoms with Gasteiger partial charge in [-0.3, -0.25) is 4.79 Å². The second-order valence-corrected chi connectivity index (χ2v) is 8.96. The molecule has 4 rings (SSSR count). The number of fused-ring (bicyclic) bond motifs is 1. The Labute approximate surface area is 213 Å². The number of rotatable bonds is 6. The van der Waals surface area contributed by atoms with E-state index in [1.54, 1.807) is 12.3 Å². The van der Waals surface area contributed by atoms with Crippen LogP contribution in [0.2, 0.25) is 0 Å². The molecule has 1 heterocycles. The Morgan fingerprint density at radius 3 is 2.67 bits per heavy atom. The molecule has 0 saturated carbocycles. The molecule has 0 fully saturated rings. The number of aromatic nitrogens is 1. The Morgan fingerprint density at radius 2 is 1.91 bits per heavy atom. The largest absolute Gasteiger partial charge is 0.479 e. The summed E-state index contributed by atoms with van der Waals surface area (Å²) >= 11 is 5.65. The van der Waals surface area contributed by atoms with Gasteiger partial charge in [-0.05, 0) is 68.3 Å². The maximum Gasteiger partial charge on any atom is 0.272 e. The molecule has 0 aliphatic heterocycles. The van der Waals surface area contributed by atoms with E-state index >= 15 is 0 Å². The number of hydrogen-bond acceptors (Lipinski definition) is 4. The fraction of sp³-hybridized carbons (Fsp3) is 0.0385. The Balaban J connectivity index is 1.60. The van der Waals surface area contributed by atoms with Crippen LogP contribution in [0.25, 0.3) is 22.2 Å². The smallest absolute Gasteiger partial charge is 0.272 e. The summed E-state index contributed by atoms with van der Waals surface area (Å²) in [5, 5.41) is 4.92. The number of nitrogens with one attached hydrogen (secondary N) is 1. The van der Waals surface area contributed by atoms with Gasteiger partial charge in [0.1, 0.15) is 12.4 Å². The first-order valence-electron chi connectivity index (χ1n) is 9.90. The lowest BCUT2D eigenvalue weighted by atomic mass is 10.0. The highest BCUT2D eigenvalue weighted by atomic mass is 127. The molecule has 0 aliphatic carbocycles. The summed E-state index contributed by atoms with van der Waals surface area (Å²) in [5.41, 5.74) is 6.34. The lowest BCUT2D eigenvalue weighted by Gasteiger charge is -2.09.